The van der Waals surface area contributed by atoms with E-state index in [1.54, 1.807) is 0 Å². The van der Waals surface area contributed by atoms with Gasteiger partial charge >= 0.3 is 0 Å². The van der Waals surface area contributed by atoms with Gasteiger partial charge in [0, 0.05) is 0 Å². The molecule has 0 aliphatic carbocycles. The summed E-state index contributed by atoms with van der Waals surface area (Å²) in [5.74, 6) is 0. The van der Waals surface area contributed by atoms with Crippen molar-refractivity contribution < 1.29 is 0 Å². The molecule has 3 rings (SSSR count). The molecule has 0 fully saturated rings. The van der Waals surface area contributed by atoms with Gasteiger partial charge in [-0.05, 0) is 43.0 Å². The molecule has 0 saturated heterocycles. The van der Waals surface area contributed by atoms with E-state index in [-0.39, 0.29) is 21.8 Å². The summed E-state index contributed by atoms with van der Waals surface area (Å²) in [6.45, 7) is 0. The molecule has 1 aromatic heterocycles. The van der Waals surface area contributed by atoms with Crippen LogP contribution in [0.25, 0.3) is 8.96 Å². The first-order chi connectivity index (χ1) is 11.6. The molecule has 4 nitrogen and oxygen atoms in total. The van der Waals surface area contributed by atoms with E-state index in [2.05, 4.69) is 41.8 Å². The van der Waals surface area contributed by atoms with Crippen molar-refractivity contribution in [1.82, 2.24) is 9.97 Å². The van der Waals surface area contributed by atoms with Gasteiger partial charge < -0.3 is 9.97 Å². The fraction of sp³-hybridized carbons (Fsp3) is 0. The predicted octanol–water partition coefficient (Wildman–Crippen LogP) is 2.17. The predicted molar refractivity (Wildman–Crippen MR) is 103 cm³/mol. The highest BCUT2D eigenvalue weighted by atomic mass is 79.9. The van der Waals surface area contributed by atoms with Gasteiger partial charge in [0.05, 0.1) is 8.96 Å². The molecule has 0 amide bonds. The van der Waals surface area contributed by atoms with Gasteiger partial charge in [-0.25, -0.2) is 0 Å². The quantitative estimate of drug-likeness (QED) is 0.632. The average Bonchev–Trinajstić information content (AvgIpc) is 2.63. The fourth-order valence-corrected chi connectivity index (χ4v) is 3.32. The summed E-state index contributed by atoms with van der Waals surface area (Å²) in [7, 11) is 0. The number of benzene rings is 2. The average molecular weight is 448 g/mol. The summed E-state index contributed by atoms with van der Waals surface area (Å²) in [5.41, 5.74) is 0.844. The van der Waals surface area contributed by atoms with Crippen LogP contribution in [0.2, 0.25) is 0 Å². The lowest BCUT2D eigenvalue weighted by molar-refractivity contribution is 1.000. The van der Waals surface area contributed by atoms with E-state index in [4.69, 9.17) is 0 Å². The third kappa shape index (κ3) is 3.34. The zero-order valence-electron chi connectivity index (χ0n) is 12.3. The summed E-state index contributed by atoms with van der Waals surface area (Å²) in [4.78, 5) is 30.2. The lowest BCUT2D eigenvalue weighted by Crippen LogP contribution is -2.48. The van der Waals surface area contributed by atoms with Gasteiger partial charge in [0.2, 0.25) is 0 Å². The van der Waals surface area contributed by atoms with Gasteiger partial charge in [-0.2, -0.15) is 0 Å². The van der Waals surface area contributed by atoms with Gasteiger partial charge in [-0.15, -0.1) is 0 Å². The van der Waals surface area contributed by atoms with Crippen LogP contribution in [0.3, 0.4) is 0 Å². The molecule has 0 spiro atoms. The Labute approximate surface area is 153 Å². The number of hydrogen-bond acceptors (Lipinski definition) is 2. The van der Waals surface area contributed by atoms with Crippen LogP contribution in [0.4, 0.5) is 0 Å². The van der Waals surface area contributed by atoms with Gasteiger partial charge in [-0.3, -0.25) is 9.59 Å². The molecule has 24 heavy (non-hydrogen) atoms. The van der Waals surface area contributed by atoms with E-state index < -0.39 is 0 Å². The molecule has 6 heteroatoms. The third-order valence-electron chi connectivity index (χ3n) is 3.42. The smallest absolute Gasteiger partial charge is 0.273 e. The molecule has 0 bridgehead atoms. The van der Waals surface area contributed by atoms with E-state index in [1.165, 1.54) is 0 Å². The van der Waals surface area contributed by atoms with E-state index in [9.17, 15) is 9.59 Å². The van der Waals surface area contributed by atoms with Crippen LogP contribution in [0.15, 0.2) is 70.3 Å². The zero-order valence-corrected chi connectivity index (χ0v) is 15.5. The number of rotatable bonds is 2. The van der Waals surface area contributed by atoms with E-state index >= 15 is 0 Å². The molecule has 2 N–H and O–H groups in total. The van der Waals surface area contributed by atoms with Crippen molar-refractivity contribution in [2.24, 2.45) is 0 Å². The minimum absolute atomic E-state index is 0.184. The third-order valence-corrected chi connectivity index (χ3v) is 5.13. The molecular weight excluding hydrogens is 436 g/mol. The van der Waals surface area contributed by atoms with Crippen molar-refractivity contribution in [1.29, 1.82) is 0 Å². The molecule has 0 radical (unpaired) electrons. The lowest BCUT2D eigenvalue weighted by Gasteiger charge is -2.01. The Balaban J connectivity index is 2.29. The topological polar surface area (TPSA) is 65.7 Å². The SMILES string of the molecule is O=c1[nH]/c(=C(/Br)c2ccccc2)c(=O)[nH]/c1=C(\Br)c1ccccc1. The Morgan fingerprint density at radius 3 is 1.29 bits per heavy atom. The highest BCUT2D eigenvalue weighted by Crippen LogP contribution is 2.16. The van der Waals surface area contributed by atoms with Crippen molar-refractivity contribution >= 4 is 40.8 Å². The maximum Gasteiger partial charge on any atom is 0.273 e. The Kier molecular flexibility index (Phi) is 4.97. The van der Waals surface area contributed by atoms with Crippen LogP contribution in [0, 0.1) is 0 Å². The summed E-state index contributed by atoms with van der Waals surface area (Å²) >= 11 is 6.79. The monoisotopic (exact) mass is 446 g/mol. The minimum Gasteiger partial charge on any atom is -0.315 e. The molecule has 1 heterocycles. The van der Waals surface area contributed by atoms with Crippen LogP contribution >= 0.6 is 31.9 Å². The standard InChI is InChI=1S/C18H12Br2N2O2/c19-13(11-7-3-1-4-8-11)15-17(23)22-16(18(24)21-15)14(20)12-9-5-2-6-10-12/h1-10H,(H,21,24)(H,22,23)/b15-13-,16-14+. The molecule has 0 atom stereocenters. The number of aromatic nitrogens is 2. The van der Waals surface area contributed by atoms with Gasteiger partial charge in [0.15, 0.2) is 0 Å². The summed E-state index contributed by atoms with van der Waals surface area (Å²) in [5, 5.41) is 0.367. The summed E-state index contributed by atoms with van der Waals surface area (Å²) in [6.07, 6.45) is 0. The number of hydrogen-bond donors (Lipinski definition) is 2. The lowest BCUT2D eigenvalue weighted by atomic mass is 10.2. The first-order valence-corrected chi connectivity index (χ1v) is 8.69. The summed E-state index contributed by atoms with van der Waals surface area (Å²) < 4.78 is 1.06. The number of nitrogens with one attached hydrogen (secondary N) is 2. The molecule has 0 aliphatic heterocycles. The van der Waals surface area contributed by atoms with Gasteiger partial charge in [0.1, 0.15) is 10.7 Å². The van der Waals surface area contributed by atoms with Gasteiger partial charge in [-0.1, -0.05) is 60.7 Å². The van der Waals surface area contributed by atoms with Crippen molar-refractivity contribution in [3.05, 3.63) is 103 Å². The number of aromatic amines is 2. The van der Waals surface area contributed by atoms with Crippen molar-refractivity contribution in [3.8, 4) is 0 Å². The zero-order chi connectivity index (χ0) is 17.1. The molecule has 2 aromatic carbocycles. The van der Waals surface area contributed by atoms with Crippen molar-refractivity contribution in [2.75, 3.05) is 0 Å². The molecule has 120 valence electrons. The molecule has 0 aliphatic rings. The molecular formula is C18H12Br2N2O2. The van der Waals surface area contributed by atoms with Crippen LogP contribution in [0.5, 0.6) is 0 Å². The molecule has 3 aromatic rings. The van der Waals surface area contributed by atoms with Crippen LogP contribution < -0.4 is 21.8 Å². The second-order valence-electron chi connectivity index (χ2n) is 5.02. The second-order valence-corrected chi connectivity index (χ2v) is 6.60. The summed E-state index contributed by atoms with van der Waals surface area (Å²) in [6, 6.07) is 18.6. The Morgan fingerprint density at radius 2 is 0.958 bits per heavy atom. The molecule has 0 unspecified atom stereocenters. The van der Waals surface area contributed by atoms with E-state index in [1.807, 2.05) is 60.7 Å². The van der Waals surface area contributed by atoms with Crippen molar-refractivity contribution in [2.45, 2.75) is 0 Å². The molecule has 0 saturated carbocycles. The van der Waals surface area contributed by atoms with E-state index in [0.717, 1.165) is 11.1 Å². The maximum absolute atomic E-state index is 12.4. The normalized spacial score (nSPS) is 13.4. The Hall–Kier alpha value is -2.18. The minimum atomic E-state index is -0.381. The van der Waals surface area contributed by atoms with Crippen LogP contribution in [-0.2, 0) is 0 Å². The first kappa shape index (κ1) is 16.7. The largest absolute Gasteiger partial charge is 0.315 e. The number of halogens is 2. The Bertz CT molecular complexity index is 1010. The number of H-pyrrole nitrogens is 2. The Morgan fingerprint density at radius 1 is 0.625 bits per heavy atom. The van der Waals surface area contributed by atoms with Crippen LogP contribution in [0.1, 0.15) is 11.1 Å². The highest BCUT2D eigenvalue weighted by Gasteiger charge is 2.06. The first-order valence-electron chi connectivity index (χ1n) is 7.11. The van der Waals surface area contributed by atoms with Gasteiger partial charge in [0.25, 0.3) is 11.1 Å². The van der Waals surface area contributed by atoms with Crippen LogP contribution in [-0.4, -0.2) is 9.97 Å². The fourth-order valence-electron chi connectivity index (χ4n) is 2.23. The highest BCUT2D eigenvalue weighted by molar-refractivity contribution is 9.15. The van der Waals surface area contributed by atoms with E-state index in [0.29, 0.717) is 8.96 Å². The maximum atomic E-state index is 12.4. The second kappa shape index (κ2) is 7.15. The van der Waals surface area contributed by atoms with Crippen molar-refractivity contribution in [3.63, 3.8) is 0 Å².